The van der Waals surface area contributed by atoms with Gasteiger partial charge in [-0.25, -0.2) is 14.0 Å². The second-order valence-corrected chi connectivity index (χ2v) is 8.50. The molecular weight excluding hydrogens is 489 g/mol. The smallest absolute Gasteiger partial charge is 0.469 e. The lowest BCUT2D eigenvalue weighted by Crippen LogP contribution is -2.40. The minimum atomic E-state index is -4.88. The number of hydrogen-bond acceptors (Lipinski definition) is 11. The summed E-state index contributed by atoms with van der Waals surface area (Å²) in [6.45, 7) is 1.29. The molecule has 0 spiro atoms. The largest absolute Gasteiger partial charge is 0.487 e. The van der Waals surface area contributed by atoms with Crippen LogP contribution in [0.3, 0.4) is 0 Å². The topological polar surface area (TPSA) is 190 Å². The van der Waals surface area contributed by atoms with Crippen molar-refractivity contribution < 1.29 is 47.1 Å². The third kappa shape index (κ3) is 8.30. The van der Waals surface area contributed by atoms with Crippen LogP contribution in [-0.2, 0) is 41.3 Å². The van der Waals surface area contributed by atoms with Crippen LogP contribution in [0.1, 0.15) is 19.5 Å². The molecule has 0 bridgehead atoms. The van der Waals surface area contributed by atoms with Crippen molar-refractivity contribution in [1.29, 1.82) is 0 Å². The molecule has 0 aliphatic carbocycles. The summed E-state index contributed by atoms with van der Waals surface area (Å²) in [5, 5.41) is 8.59. The van der Waals surface area contributed by atoms with Crippen molar-refractivity contribution in [3.63, 3.8) is 0 Å². The van der Waals surface area contributed by atoms with Gasteiger partial charge >= 0.3 is 25.4 Å². The summed E-state index contributed by atoms with van der Waals surface area (Å²) in [7, 11) is -4.88. The fourth-order valence-corrected chi connectivity index (χ4v) is 3.35. The van der Waals surface area contributed by atoms with Gasteiger partial charge in [0.15, 0.2) is 12.2 Å². The Balaban J connectivity index is 1.69. The summed E-state index contributed by atoms with van der Waals surface area (Å²) >= 11 is 0. The van der Waals surface area contributed by atoms with Crippen molar-refractivity contribution in [2.45, 2.75) is 39.2 Å². The molecule has 0 radical (unpaired) electrons. The maximum absolute atomic E-state index is 11.6. The van der Waals surface area contributed by atoms with Gasteiger partial charge in [0.1, 0.15) is 23.6 Å². The Morgan fingerprint density at radius 2 is 1.80 bits per heavy atom. The van der Waals surface area contributed by atoms with E-state index in [-0.39, 0.29) is 13.2 Å². The fraction of sp³-hybridized carbons (Fsp3) is 0.350. The summed E-state index contributed by atoms with van der Waals surface area (Å²) in [5.41, 5.74) is 0.256. The number of rotatable bonds is 11. The number of esters is 2. The highest BCUT2D eigenvalue weighted by atomic mass is 31.2. The molecule has 1 aromatic carbocycles. The van der Waals surface area contributed by atoms with Gasteiger partial charge in [0, 0.05) is 31.4 Å². The molecule has 0 saturated carbocycles. The standard InChI is InChI=1S/C20H22N3O11P/c1-12(24)32-18(19(33-13(2)25)11-31-35(27,28)29)9-23-8-15(21-22-23)10-30-16-5-3-14-4-6-20(26)34-17(14)7-16/h3-8,18-19H,9-11H2,1-2H3,(H2,27,28,29)/t18-,19-/m0/s1. The number of ether oxygens (including phenoxy) is 3. The molecule has 0 saturated heterocycles. The Morgan fingerprint density at radius 3 is 2.49 bits per heavy atom. The van der Waals surface area contributed by atoms with Crippen LogP contribution in [0, 0.1) is 0 Å². The number of carbonyl (C=O) groups excluding carboxylic acids is 2. The number of phosphoric acid groups is 1. The Hall–Kier alpha value is -3.58. The number of carbonyl (C=O) groups is 2. The molecule has 3 aromatic rings. The van der Waals surface area contributed by atoms with Crippen LogP contribution in [0.15, 0.2) is 45.7 Å². The molecule has 0 amide bonds. The number of benzene rings is 1. The Morgan fingerprint density at radius 1 is 1.11 bits per heavy atom. The number of phosphoric ester groups is 1. The zero-order valence-corrected chi connectivity index (χ0v) is 19.5. The van der Waals surface area contributed by atoms with Gasteiger partial charge in [0.2, 0.25) is 0 Å². The maximum Gasteiger partial charge on any atom is 0.469 e. The van der Waals surface area contributed by atoms with Crippen LogP contribution >= 0.6 is 7.82 Å². The fourth-order valence-electron chi connectivity index (χ4n) is 3.01. The second kappa shape index (κ2) is 11.2. The third-order valence-electron chi connectivity index (χ3n) is 4.39. The summed E-state index contributed by atoms with van der Waals surface area (Å²) in [4.78, 5) is 52.3. The first kappa shape index (κ1) is 26.0. The molecule has 0 aliphatic rings. The molecule has 35 heavy (non-hydrogen) atoms. The van der Waals surface area contributed by atoms with Gasteiger partial charge in [0.05, 0.1) is 19.3 Å². The van der Waals surface area contributed by atoms with Gasteiger partial charge in [-0.15, -0.1) is 5.10 Å². The molecule has 0 aliphatic heterocycles. The zero-order chi connectivity index (χ0) is 25.6. The first-order valence-electron chi connectivity index (χ1n) is 10.1. The molecule has 2 aromatic heterocycles. The van der Waals surface area contributed by atoms with Crippen LogP contribution in [0.25, 0.3) is 11.0 Å². The lowest BCUT2D eigenvalue weighted by Gasteiger charge is -2.26. The van der Waals surface area contributed by atoms with Gasteiger partial charge in [-0.3, -0.25) is 14.1 Å². The molecule has 2 heterocycles. The van der Waals surface area contributed by atoms with Crippen molar-refractivity contribution in [2.75, 3.05) is 6.61 Å². The number of hydrogen-bond donors (Lipinski definition) is 2. The average Bonchev–Trinajstić information content (AvgIpc) is 3.20. The normalized spacial score (nSPS) is 13.3. The Labute approximate surface area is 197 Å². The molecular formula is C20H22N3O11P. The maximum atomic E-state index is 11.6. The summed E-state index contributed by atoms with van der Waals surface area (Å²) < 4.78 is 37.8. The predicted octanol–water partition coefficient (Wildman–Crippen LogP) is 0.936. The van der Waals surface area contributed by atoms with Crippen LogP contribution in [0.4, 0.5) is 0 Å². The van der Waals surface area contributed by atoms with Crippen molar-refractivity contribution in [1.82, 2.24) is 15.0 Å². The van der Waals surface area contributed by atoms with Crippen molar-refractivity contribution in [3.05, 3.63) is 52.6 Å². The number of nitrogens with zero attached hydrogens (tertiary/aromatic N) is 3. The average molecular weight is 511 g/mol. The minimum absolute atomic E-state index is 0.00447. The van der Waals surface area contributed by atoms with E-state index in [4.69, 9.17) is 28.4 Å². The van der Waals surface area contributed by atoms with Crippen molar-refractivity contribution in [3.8, 4) is 5.75 Å². The van der Waals surface area contributed by atoms with E-state index in [0.717, 1.165) is 19.2 Å². The molecule has 3 rings (SSSR count). The van der Waals surface area contributed by atoms with E-state index >= 15 is 0 Å². The van der Waals surface area contributed by atoms with E-state index in [1.165, 1.54) is 16.9 Å². The van der Waals surface area contributed by atoms with Gasteiger partial charge in [-0.05, 0) is 18.2 Å². The van der Waals surface area contributed by atoms with E-state index < -0.39 is 44.2 Å². The SMILES string of the molecule is CC(=O)O[C@@H](COP(=O)(O)O)[C@H](Cn1cc(COc2ccc3ccc(=O)oc3c2)nn1)OC(C)=O. The van der Waals surface area contributed by atoms with E-state index in [1.54, 1.807) is 24.3 Å². The zero-order valence-electron chi connectivity index (χ0n) is 18.6. The summed E-state index contributed by atoms with van der Waals surface area (Å²) in [6.07, 6.45) is -1.05. The first-order valence-corrected chi connectivity index (χ1v) is 11.6. The second-order valence-electron chi connectivity index (χ2n) is 7.26. The lowest BCUT2D eigenvalue weighted by atomic mass is 10.2. The lowest BCUT2D eigenvalue weighted by molar-refractivity contribution is -0.169. The van der Waals surface area contributed by atoms with Crippen molar-refractivity contribution in [2.24, 2.45) is 0 Å². The van der Waals surface area contributed by atoms with Crippen LogP contribution < -0.4 is 10.4 Å². The van der Waals surface area contributed by atoms with Gasteiger partial charge in [-0.2, -0.15) is 0 Å². The first-order chi connectivity index (χ1) is 16.5. The number of fused-ring (bicyclic) bond motifs is 1. The monoisotopic (exact) mass is 511 g/mol. The molecule has 0 fully saturated rings. The van der Waals surface area contributed by atoms with E-state index in [9.17, 15) is 18.9 Å². The summed E-state index contributed by atoms with van der Waals surface area (Å²) in [6, 6.07) is 7.92. The molecule has 188 valence electrons. The van der Waals surface area contributed by atoms with Gasteiger partial charge in [-0.1, -0.05) is 5.21 Å². The Bertz CT molecular complexity index is 1300. The Kier molecular flexibility index (Phi) is 8.35. The molecule has 2 N–H and O–H groups in total. The van der Waals surface area contributed by atoms with E-state index in [2.05, 4.69) is 14.8 Å². The molecule has 14 nitrogen and oxygen atoms in total. The van der Waals surface area contributed by atoms with E-state index in [1.807, 2.05) is 0 Å². The number of aromatic nitrogens is 3. The predicted molar refractivity (Wildman–Crippen MR) is 116 cm³/mol. The molecule has 2 atom stereocenters. The van der Waals surface area contributed by atoms with Gasteiger partial charge in [0.25, 0.3) is 0 Å². The highest BCUT2D eigenvalue weighted by Crippen LogP contribution is 2.36. The van der Waals surface area contributed by atoms with Crippen LogP contribution in [0.5, 0.6) is 5.75 Å². The highest BCUT2D eigenvalue weighted by molar-refractivity contribution is 7.46. The quantitative estimate of drug-likeness (QED) is 0.210. The third-order valence-corrected chi connectivity index (χ3v) is 4.88. The van der Waals surface area contributed by atoms with E-state index in [0.29, 0.717) is 17.0 Å². The minimum Gasteiger partial charge on any atom is -0.487 e. The van der Waals surface area contributed by atoms with Crippen molar-refractivity contribution >= 4 is 30.7 Å². The van der Waals surface area contributed by atoms with Crippen LogP contribution in [-0.4, -0.2) is 55.5 Å². The highest BCUT2D eigenvalue weighted by Gasteiger charge is 2.31. The molecule has 0 unspecified atom stereocenters. The summed E-state index contributed by atoms with van der Waals surface area (Å²) in [5.74, 6) is -1.08. The van der Waals surface area contributed by atoms with Crippen LogP contribution in [0.2, 0.25) is 0 Å². The van der Waals surface area contributed by atoms with Gasteiger partial charge < -0.3 is 28.4 Å². The molecule has 15 heteroatoms.